The van der Waals surface area contributed by atoms with E-state index in [0.29, 0.717) is 31.1 Å². The molecule has 0 radical (unpaired) electrons. The van der Waals surface area contributed by atoms with Crippen LogP contribution in [-0.4, -0.2) is 44.5 Å². The summed E-state index contributed by atoms with van der Waals surface area (Å²) in [6.45, 7) is 6.46. The molecule has 0 unspecified atom stereocenters. The van der Waals surface area contributed by atoms with Gasteiger partial charge in [0.05, 0.1) is 6.04 Å². The number of carbonyl (C=O) groups excluding carboxylic acids is 2. The predicted octanol–water partition coefficient (Wildman–Crippen LogP) is 1.72. The van der Waals surface area contributed by atoms with Crippen molar-refractivity contribution in [2.45, 2.75) is 65.0 Å². The minimum atomic E-state index is -0.146. The predicted molar refractivity (Wildman–Crippen MR) is 88.9 cm³/mol. The van der Waals surface area contributed by atoms with Gasteiger partial charge in [-0.3, -0.25) is 14.7 Å². The number of rotatable bonds is 5. The third-order valence-electron chi connectivity index (χ3n) is 4.91. The van der Waals surface area contributed by atoms with E-state index in [1.807, 2.05) is 25.7 Å². The van der Waals surface area contributed by atoms with E-state index in [-0.39, 0.29) is 29.8 Å². The zero-order chi connectivity index (χ0) is 17.3. The molecular weight excluding hydrogens is 306 g/mol. The number of hydrogen-bond acceptors (Lipinski definition) is 4. The molecule has 132 valence electrons. The van der Waals surface area contributed by atoms with Crippen LogP contribution in [0.4, 0.5) is 0 Å². The standard InChI is InChI=1S/C17H27N5O2/c1-10(2)7-15(23)19-13-8-14(16-18-11(3)20-21-16)22(9-13)17(24)12-5-4-6-12/h10,12-14H,4-9H2,1-3H3,(H,19,23)(H,18,20,21)/t13-,14-/m0/s1. The van der Waals surface area contributed by atoms with Crippen molar-refractivity contribution in [2.24, 2.45) is 11.8 Å². The fraction of sp³-hybridized carbons (Fsp3) is 0.765. The Kier molecular flexibility index (Phi) is 4.87. The molecule has 24 heavy (non-hydrogen) atoms. The maximum Gasteiger partial charge on any atom is 0.226 e. The molecule has 7 heteroatoms. The van der Waals surface area contributed by atoms with Gasteiger partial charge < -0.3 is 10.2 Å². The Morgan fingerprint density at radius 3 is 2.67 bits per heavy atom. The number of hydrogen-bond donors (Lipinski definition) is 2. The zero-order valence-electron chi connectivity index (χ0n) is 14.7. The molecule has 2 atom stereocenters. The monoisotopic (exact) mass is 333 g/mol. The Bertz CT molecular complexity index is 608. The van der Waals surface area contributed by atoms with Crippen molar-refractivity contribution in [3.8, 4) is 0 Å². The van der Waals surface area contributed by atoms with Gasteiger partial charge in [-0.2, -0.15) is 5.10 Å². The van der Waals surface area contributed by atoms with E-state index in [2.05, 4.69) is 20.5 Å². The van der Waals surface area contributed by atoms with Gasteiger partial charge in [-0.25, -0.2) is 4.98 Å². The lowest BCUT2D eigenvalue weighted by Gasteiger charge is -2.31. The maximum absolute atomic E-state index is 12.8. The molecular formula is C17H27N5O2. The highest BCUT2D eigenvalue weighted by Crippen LogP contribution is 2.36. The maximum atomic E-state index is 12.8. The first-order valence-electron chi connectivity index (χ1n) is 8.92. The summed E-state index contributed by atoms with van der Waals surface area (Å²) >= 11 is 0. The fourth-order valence-electron chi connectivity index (χ4n) is 3.48. The second kappa shape index (κ2) is 6.91. The molecule has 1 aromatic heterocycles. The molecule has 1 aliphatic heterocycles. The van der Waals surface area contributed by atoms with Crippen LogP contribution in [0.1, 0.15) is 63.6 Å². The average molecular weight is 333 g/mol. The van der Waals surface area contributed by atoms with Gasteiger partial charge in [0.1, 0.15) is 5.82 Å². The Hall–Kier alpha value is -1.92. The first-order valence-corrected chi connectivity index (χ1v) is 8.92. The van der Waals surface area contributed by atoms with Crippen LogP contribution in [0, 0.1) is 18.8 Å². The molecule has 2 heterocycles. The highest BCUT2D eigenvalue weighted by Gasteiger charge is 2.42. The summed E-state index contributed by atoms with van der Waals surface area (Å²) in [5, 5.41) is 10.2. The van der Waals surface area contributed by atoms with Crippen molar-refractivity contribution in [3.05, 3.63) is 11.6 Å². The summed E-state index contributed by atoms with van der Waals surface area (Å²) in [7, 11) is 0. The topological polar surface area (TPSA) is 91.0 Å². The third kappa shape index (κ3) is 3.60. The quantitative estimate of drug-likeness (QED) is 0.858. The van der Waals surface area contributed by atoms with Gasteiger partial charge in [0.15, 0.2) is 5.82 Å². The zero-order valence-corrected chi connectivity index (χ0v) is 14.7. The molecule has 2 amide bonds. The highest BCUT2D eigenvalue weighted by molar-refractivity contribution is 5.81. The minimum Gasteiger partial charge on any atom is -0.351 e. The number of likely N-dealkylation sites (tertiary alicyclic amines) is 1. The van der Waals surface area contributed by atoms with Crippen LogP contribution >= 0.6 is 0 Å². The van der Waals surface area contributed by atoms with Crippen LogP contribution in [0.15, 0.2) is 0 Å². The normalized spacial score (nSPS) is 24.2. The number of aromatic amines is 1. The second-order valence-corrected chi connectivity index (χ2v) is 7.51. The molecule has 0 bridgehead atoms. The third-order valence-corrected chi connectivity index (χ3v) is 4.91. The Morgan fingerprint density at radius 2 is 2.12 bits per heavy atom. The number of carbonyl (C=O) groups is 2. The number of nitrogens with zero attached hydrogens (tertiary/aromatic N) is 3. The number of nitrogens with one attached hydrogen (secondary N) is 2. The molecule has 1 saturated heterocycles. The van der Waals surface area contributed by atoms with Gasteiger partial charge in [0.2, 0.25) is 11.8 Å². The first-order chi connectivity index (χ1) is 11.4. The SMILES string of the molecule is Cc1nc([C@@H]2C[C@H](NC(=O)CC(C)C)CN2C(=O)C2CCC2)n[nH]1. The van der Waals surface area contributed by atoms with E-state index < -0.39 is 0 Å². The van der Waals surface area contributed by atoms with Crippen LogP contribution in [-0.2, 0) is 9.59 Å². The molecule has 0 aromatic carbocycles. The Labute approximate surface area is 142 Å². The molecule has 3 rings (SSSR count). The molecule has 1 saturated carbocycles. The number of H-pyrrole nitrogens is 1. The van der Waals surface area contributed by atoms with Crippen molar-refractivity contribution in [1.29, 1.82) is 0 Å². The number of aryl methyl sites for hydroxylation is 1. The van der Waals surface area contributed by atoms with E-state index in [9.17, 15) is 9.59 Å². The summed E-state index contributed by atoms with van der Waals surface area (Å²) in [5.41, 5.74) is 0. The largest absolute Gasteiger partial charge is 0.351 e. The molecule has 2 aliphatic rings. The second-order valence-electron chi connectivity index (χ2n) is 7.51. The lowest BCUT2D eigenvalue weighted by atomic mass is 9.84. The van der Waals surface area contributed by atoms with Crippen LogP contribution in [0.5, 0.6) is 0 Å². The van der Waals surface area contributed by atoms with E-state index in [1.165, 1.54) is 0 Å². The summed E-state index contributed by atoms with van der Waals surface area (Å²) < 4.78 is 0. The first kappa shape index (κ1) is 16.9. The van der Waals surface area contributed by atoms with Crippen molar-refractivity contribution < 1.29 is 9.59 Å². The van der Waals surface area contributed by atoms with Crippen molar-refractivity contribution in [3.63, 3.8) is 0 Å². The highest BCUT2D eigenvalue weighted by atomic mass is 16.2. The summed E-state index contributed by atoms with van der Waals surface area (Å²) in [6.07, 6.45) is 4.26. The van der Waals surface area contributed by atoms with Crippen LogP contribution in [0.2, 0.25) is 0 Å². The molecule has 1 aliphatic carbocycles. The lowest BCUT2D eigenvalue weighted by molar-refractivity contribution is -0.139. The number of aromatic nitrogens is 3. The lowest BCUT2D eigenvalue weighted by Crippen LogP contribution is -2.42. The van der Waals surface area contributed by atoms with Crippen LogP contribution in [0.3, 0.4) is 0 Å². The van der Waals surface area contributed by atoms with E-state index in [0.717, 1.165) is 25.1 Å². The Balaban J connectivity index is 1.71. The molecule has 1 aromatic rings. The summed E-state index contributed by atoms with van der Waals surface area (Å²) in [6, 6.07) is -0.170. The van der Waals surface area contributed by atoms with Gasteiger partial charge in [-0.1, -0.05) is 20.3 Å². The van der Waals surface area contributed by atoms with Crippen molar-refractivity contribution >= 4 is 11.8 Å². The summed E-state index contributed by atoms with van der Waals surface area (Å²) in [5.74, 6) is 2.10. The van der Waals surface area contributed by atoms with Gasteiger partial charge >= 0.3 is 0 Å². The van der Waals surface area contributed by atoms with Crippen LogP contribution in [0.25, 0.3) is 0 Å². The van der Waals surface area contributed by atoms with E-state index in [4.69, 9.17) is 0 Å². The average Bonchev–Trinajstić information content (AvgIpc) is 3.01. The van der Waals surface area contributed by atoms with Crippen molar-refractivity contribution in [2.75, 3.05) is 6.54 Å². The van der Waals surface area contributed by atoms with Gasteiger partial charge in [0.25, 0.3) is 0 Å². The van der Waals surface area contributed by atoms with Gasteiger partial charge in [-0.05, 0) is 32.1 Å². The molecule has 7 nitrogen and oxygen atoms in total. The Morgan fingerprint density at radius 1 is 1.38 bits per heavy atom. The molecule has 2 fully saturated rings. The van der Waals surface area contributed by atoms with Crippen LogP contribution < -0.4 is 5.32 Å². The van der Waals surface area contributed by atoms with Crippen molar-refractivity contribution in [1.82, 2.24) is 25.4 Å². The number of amides is 2. The fourth-order valence-corrected chi connectivity index (χ4v) is 3.48. The van der Waals surface area contributed by atoms with E-state index in [1.54, 1.807) is 0 Å². The molecule has 0 spiro atoms. The van der Waals surface area contributed by atoms with Gasteiger partial charge in [0, 0.05) is 24.9 Å². The molecule has 2 N–H and O–H groups in total. The summed E-state index contributed by atoms with van der Waals surface area (Å²) in [4.78, 5) is 31.2. The van der Waals surface area contributed by atoms with Gasteiger partial charge in [-0.15, -0.1) is 0 Å². The minimum absolute atomic E-state index is 0.0240. The smallest absolute Gasteiger partial charge is 0.226 e. The van der Waals surface area contributed by atoms with E-state index >= 15 is 0 Å².